The molecule has 0 saturated carbocycles. The molecule has 0 bridgehead atoms. The van der Waals surface area contributed by atoms with Crippen LogP contribution in [-0.2, 0) is 0 Å². The molecule has 2 aromatic carbocycles. The van der Waals surface area contributed by atoms with Crippen molar-refractivity contribution in [1.82, 2.24) is 16.2 Å². The van der Waals surface area contributed by atoms with Crippen molar-refractivity contribution in [2.75, 3.05) is 19.0 Å². The Morgan fingerprint density at radius 3 is 2.19 bits per heavy atom. The zero-order chi connectivity index (χ0) is 19.6. The third-order valence-corrected chi connectivity index (χ3v) is 3.70. The number of rotatable bonds is 6. The average molecular weight is 384 g/mol. The Balaban J connectivity index is 1.90. The van der Waals surface area contributed by atoms with Gasteiger partial charge in [0.2, 0.25) is 0 Å². The highest BCUT2D eigenvalue weighted by Crippen LogP contribution is 2.14. The third-order valence-electron chi connectivity index (χ3n) is 3.45. The van der Waals surface area contributed by atoms with Crippen molar-refractivity contribution >= 4 is 34.8 Å². The molecule has 0 aliphatic carbocycles. The number of anilines is 1. The van der Waals surface area contributed by atoms with E-state index in [0.29, 0.717) is 29.1 Å². The first-order valence-electron chi connectivity index (χ1n) is 8.04. The summed E-state index contributed by atoms with van der Waals surface area (Å²) in [4.78, 5) is 24.3. The largest absolute Gasteiger partial charge is 0.497 e. The van der Waals surface area contributed by atoms with Crippen molar-refractivity contribution in [2.45, 2.75) is 0 Å². The molecule has 0 aliphatic heterocycles. The summed E-state index contributed by atoms with van der Waals surface area (Å²) in [5.41, 5.74) is 6.55. The summed E-state index contributed by atoms with van der Waals surface area (Å²) in [7, 11) is 1.56. The van der Waals surface area contributed by atoms with Crippen LogP contribution in [0.5, 0.6) is 5.75 Å². The Morgan fingerprint density at radius 1 is 1.00 bits per heavy atom. The lowest BCUT2D eigenvalue weighted by atomic mass is 10.1. The molecule has 27 heavy (non-hydrogen) atoms. The molecule has 4 N–H and O–H groups in total. The van der Waals surface area contributed by atoms with Gasteiger partial charge >= 0.3 is 0 Å². The van der Waals surface area contributed by atoms with Gasteiger partial charge in [0.1, 0.15) is 5.75 Å². The molecular weight excluding hydrogens is 364 g/mol. The first-order valence-corrected chi connectivity index (χ1v) is 8.45. The van der Waals surface area contributed by atoms with E-state index < -0.39 is 0 Å². The number of methoxy groups -OCH3 is 1. The maximum Gasteiger partial charge on any atom is 0.269 e. The number of hydrogen-bond donors (Lipinski definition) is 4. The maximum absolute atomic E-state index is 12.2. The highest BCUT2D eigenvalue weighted by Gasteiger charge is 2.08. The van der Waals surface area contributed by atoms with Crippen LogP contribution in [0, 0.1) is 0 Å². The van der Waals surface area contributed by atoms with Gasteiger partial charge in [-0.3, -0.25) is 20.4 Å². The van der Waals surface area contributed by atoms with E-state index in [2.05, 4.69) is 28.1 Å². The number of thiocarbonyl (C=S) groups is 1. The molecule has 0 atom stereocenters. The molecule has 0 aromatic heterocycles. The predicted octanol–water partition coefficient (Wildman–Crippen LogP) is 2.24. The summed E-state index contributed by atoms with van der Waals surface area (Å²) < 4.78 is 5.07. The van der Waals surface area contributed by atoms with Gasteiger partial charge in [0.15, 0.2) is 5.11 Å². The minimum absolute atomic E-state index is 0.254. The van der Waals surface area contributed by atoms with E-state index in [-0.39, 0.29) is 16.9 Å². The van der Waals surface area contributed by atoms with E-state index in [1.165, 1.54) is 0 Å². The number of hydrazine groups is 1. The molecule has 0 saturated heterocycles. The molecule has 0 fully saturated rings. The Bertz CT molecular complexity index is 820. The SMILES string of the molecule is C=CCNC(=S)NNC(=O)c1ccc(NC(=O)c2ccc(OC)cc2)cc1. The topological polar surface area (TPSA) is 91.5 Å². The van der Waals surface area contributed by atoms with E-state index in [4.69, 9.17) is 17.0 Å². The number of ether oxygens (including phenoxy) is 1. The summed E-state index contributed by atoms with van der Waals surface area (Å²) in [6.07, 6.45) is 1.65. The van der Waals surface area contributed by atoms with Gasteiger partial charge in [0, 0.05) is 23.4 Å². The fourth-order valence-corrected chi connectivity index (χ4v) is 2.18. The van der Waals surface area contributed by atoms with Gasteiger partial charge in [-0.2, -0.15) is 0 Å². The minimum Gasteiger partial charge on any atom is -0.497 e. The van der Waals surface area contributed by atoms with Crippen molar-refractivity contribution < 1.29 is 14.3 Å². The fraction of sp³-hybridized carbons (Fsp3) is 0.105. The van der Waals surface area contributed by atoms with E-state index in [0.717, 1.165) is 0 Å². The molecular formula is C19H20N4O3S. The summed E-state index contributed by atoms with van der Waals surface area (Å²) in [5, 5.41) is 5.88. The zero-order valence-corrected chi connectivity index (χ0v) is 15.6. The van der Waals surface area contributed by atoms with Gasteiger partial charge in [0.25, 0.3) is 11.8 Å². The number of benzene rings is 2. The molecule has 0 radical (unpaired) electrons. The minimum atomic E-state index is -0.356. The van der Waals surface area contributed by atoms with E-state index in [1.54, 1.807) is 61.7 Å². The lowest BCUT2D eigenvalue weighted by molar-refractivity contribution is 0.0943. The lowest BCUT2D eigenvalue weighted by Crippen LogP contribution is -2.46. The summed E-state index contributed by atoms with van der Waals surface area (Å²) in [5.74, 6) is 0.0654. The normalized spacial score (nSPS) is 9.67. The summed E-state index contributed by atoms with van der Waals surface area (Å²) in [6.45, 7) is 4.05. The molecule has 2 amide bonds. The van der Waals surface area contributed by atoms with Crippen LogP contribution in [-0.4, -0.2) is 30.6 Å². The molecule has 2 aromatic rings. The van der Waals surface area contributed by atoms with Crippen LogP contribution in [0.4, 0.5) is 5.69 Å². The first-order chi connectivity index (χ1) is 13.0. The first kappa shape index (κ1) is 19.9. The van der Waals surface area contributed by atoms with Crippen LogP contribution in [0.3, 0.4) is 0 Å². The van der Waals surface area contributed by atoms with Gasteiger partial charge < -0.3 is 15.4 Å². The Kier molecular flexibility index (Phi) is 7.33. The van der Waals surface area contributed by atoms with Crippen LogP contribution < -0.4 is 26.2 Å². The van der Waals surface area contributed by atoms with Crippen molar-refractivity contribution in [1.29, 1.82) is 0 Å². The molecule has 0 heterocycles. The number of nitrogens with one attached hydrogen (secondary N) is 4. The Hall–Kier alpha value is -3.39. The van der Waals surface area contributed by atoms with Crippen molar-refractivity contribution in [2.24, 2.45) is 0 Å². The maximum atomic E-state index is 12.2. The predicted molar refractivity (Wildman–Crippen MR) is 109 cm³/mol. The van der Waals surface area contributed by atoms with Crippen LogP contribution in [0.2, 0.25) is 0 Å². The zero-order valence-electron chi connectivity index (χ0n) is 14.7. The van der Waals surface area contributed by atoms with Gasteiger partial charge in [-0.25, -0.2) is 0 Å². The van der Waals surface area contributed by atoms with Crippen LogP contribution in [0.15, 0.2) is 61.2 Å². The number of amides is 2. The summed E-state index contributed by atoms with van der Waals surface area (Å²) >= 11 is 4.98. The number of carbonyl (C=O) groups is 2. The number of hydrogen-bond acceptors (Lipinski definition) is 4. The highest BCUT2D eigenvalue weighted by atomic mass is 32.1. The highest BCUT2D eigenvalue weighted by molar-refractivity contribution is 7.80. The second kappa shape index (κ2) is 9.93. The van der Waals surface area contributed by atoms with Crippen LogP contribution in [0.25, 0.3) is 0 Å². The molecule has 7 nitrogen and oxygen atoms in total. The average Bonchev–Trinajstić information content (AvgIpc) is 2.71. The standard InChI is InChI=1S/C19H20N4O3S/c1-3-12-20-19(27)23-22-18(25)14-4-8-15(9-5-14)21-17(24)13-6-10-16(26-2)11-7-13/h3-11H,1,12H2,2H3,(H,21,24)(H,22,25)(H2,20,23,27). The fourth-order valence-electron chi connectivity index (χ4n) is 2.05. The van der Waals surface area contributed by atoms with Gasteiger partial charge in [-0.05, 0) is 60.7 Å². The van der Waals surface area contributed by atoms with Crippen molar-refractivity contribution in [3.63, 3.8) is 0 Å². The molecule has 2 rings (SSSR count). The Morgan fingerprint density at radius 2 is 1.59 bits per heavy atom. The smallest absolute Gasteiger partial charge is 0.269 e. The molecule has 8 heteroatoms. The van der Waals surface area contributed by atoms with Crippen molar-refractivity contribution in [3.05, 3.63) is 72.3 Å². The second-order valence-electron chi connectivity index (χ2n) is 5.34. The van der Waals surface area contributed by atoms with E-state index >= 15 is 0 Å². The van der Waals surface area contributed by atoms with Crippen molar-refractivity contribution in [3.8, 4) is 5.75 Å². The van der Waals surface area contributed by atoms with Gasteiger partial charge in [-0.1, -0.05) is 6.08 Å². The van der Waals surface area contributed by atoms with Gasteiger partial charge in [-0.15, -0.1) is 6.58 Å². The molecule has 0 spiro atoms. The van der Waals surface area contributed by atoms with Crippen LogP contribution in [0.1, 0.15) is 20.7 Å². The molecule has 0 aliphatic rings. The monoisotopic (exact) mass is 384 g/mol. The lowest BCUT2D eigenvalue weighted by Gasteiger charge is -2.11. The second-order valence-corrected chi connectivity index (χ2v) is 5.75. The molecule has 140 valence electrons. The third kappa shape index (κ3) is 6.12. The summed E-state index contributed by atoms with van der Waals surface area (Å²) in [6, 6.07) is 13.3. The van der Waals surface area contributed by atoms with E-state index in [1.807, 2.05) is 0 Å². The van der Waals surface area contributed by atoms with Gasteiger partial charge in [0.05, 0.1) is 7.11 Å². The Labute approximate surface area is 162 Å². The molecule has 0 unspecified atom stereocenters. The quantitative estimate of drug-likeness (QED) is 0.347. The van der Waals surface area contributed by atoms with Crippen LogP contribution >= 0.6 is 12.2 Å². The number of carbonyl (C=O) groups excluding carboxylic acids is 2. The van der Waals surface area contributed by atoms with E-state index in [9.17, 15) is 9.59 Å².